The number of thioether (sulfide) groups is 1. The Kier molecular flexibility index (Phi) is 5.64. The third kappa shape index (κ3) is 3.42. The van der Waals surface area contributed by atoms with Crippen molar-refractivity contribution in [3.63, 3.8) is 0 Å². The number of rotatable bonds is 7. The molecule has 0 unspecified atom stereocenters. The summed E-state index contributed by atoms with van der Waals surface area (Å²) in [5.74, 6) is 2.31. The lowest BCUT2D eigenvalue weighted by atomic mass is 10.1. The fraction of sp³-hybridized carbons (Fsp3) is 0.429. The number of nitrogens with zero attached hydrogens (tertiary/aromatic N) is 2. The maximum atomic E-state index is 13.4. The number of benzene rings is 1. The van der Waals surface area contributed by atoms with E-state index < -0.39 is 0 Å². The van der Waals surface area contributed by atoms with Crippen LogP contribution in [0.3, 0.4) is 0 Å². The summed E-state index contributed by atoms with van der Waals surface area (Å²) in [7, 11) is 3.27. The maximum absolute atomic E-state index is 13.4. The van der Waals surface area contributed by atoms with Gasteiger partial charge >= 0.3 is 0 Å². The average Bonchev–Trinajstić information content (AvgIpc) is 3.28. The van der Waals surface area contributed by atoms with Crippen LogP contribution in [0, 0.1) is 0 Å². The van der Waals surface area contributed by atoms with Gasteiger partial charge in [0.2, 0.25) is 0 Å². The van der Waals surface area contributed by atoms with Crippen LogP contribution in [0.1, 0.15) is 29.3 Å². The lowest BCUT2D eigenvalue weighted by Crippen LogP contribution is -2.24. The van der Waals surface area contributed by atoms with Gasteiger partial charge in [-0.2, -0.15) is 0 Å². The Morgan fingerprint density at radius 2 is 2.04 bits per heavy atom. The predicted molar refractivity (Wildman–Crippen MR) is 116 cm³/mol. The van der Waals surface area contributed by atoms with Crippen molar-refractivity contribution in [3.05, 3.63) is 44.6 Å². The van der Waals surface area contributed by atoms with Crippen LogP contribution in [0.4, 0.5) is 0 Å². The Morgan fingerprint density at radius 3 is 2.79 bits per heavy atom. The van der Waals surface area contributed by atoms with Crippen molar-refractivity contribution >= 4 is 33.3 Å². The highest BCUT2D eigenvalue weighted by Crippen LogP contribution is 2.35. The minimum absolute atomic E-state index is 0.112. The molecule has 0 radical (unpaired) electrons. The van der Waals surface area contributed by atoms with E-state index in [0.29, 0.717) is 18.0 Å². The number of hydrogen-bond donors (Lipinski definition) is 0. The number of methoxy groups -OCH3 is 2. The van der Waals surface area contributed by atoms with Crippen molar-refractivity contribution in [2.24, 2.45) is 0 Å². The first-order valence-electron chi connectivity index (χ1n) is 9.55. The molecule has 5 nitrogen and oxygen atoms in total. The van der Waals surface area contributed by atoms with Gasteiger partial charge in [0.15, 0.2) is 16.7 Å². The van der Waals surface area contributed by atoms with E-state index in [9.17, 15) is 4.79 Å². The third-order valence-electron chi connectivity index (χ3n) is 5.14. The van der Waals surface area contributed by atoms with Gasteiger partial charge in [0.25, 0.3) is 5.56 Å². The van der Waals surface area contributed by atoms with Crippen LogP contribution in [-0.2, 0) is 25.8 Å². The molecule has 0 amide bonds. The number of thiophene rings is 1. The van der Waals surface area contributed by atoms with Gasteiger partial charge in [-0.25, -0.2) is 4.98 Å². The summed E-state index contributed by atoms with van der Waals surface area (Å²) in [6.45, 7) is 2.69. The second kappa shape index (κ2) is 8.17. The molecule has 7 heteroatoms. The van der Waals surface area contributed by atoms with Gasteiger partial charge in [0.05, 0.1) is 19.6 Å². The summed E-state index contributed by atoms with van der Waals surface area (Å²) in [5.41, 5.74) is 2.46. The summed E-state index contributed by atoms with van der Waals surface area (Å²) < 4.78 is 12.6. The van der Waals surface area contributed by atoms with E-state index in [1.54, 1.807) is 37.3 Å². The molecule has 0 bridgehead atoms. The van der Waals surface area contributed by atoms with Crippen LogP contribution in [-0.4, -0.2) is 29.5 Å². The number of aryl methyl sites for hydroxylation is 3. The molecule has 148 valence electrons. The van der Waals surface area contributed by atoms with Gasteiger partial charge in [0.1, 0.15) is 4.83 Å². The zero-order chi connectivity index (χ0) is 19.7. The number of ether oxygens (including phenoxy) is 2. The molecule has 0 spiro atoms. The first-order valence-corrected chi connectivity index (χ1v) is 11.3. The number of fused-ring (bicyclic) bond motifs is 3. The first-order chi connectivity index (χ1) is 13.7. The Morgan fingerprint density at radius 1 is 1.21 bits per heavy atom. The summed E-state index contributed by atoms with van der Waals surface area (Å²) in [6.07, 6.45) is 3.96. The average molecular weight is 417 g/mol. The molecule has 0 atom stereocenters. The van der Waals surface area contributed by atoms with Crippen LogP contribution >= 0.6 is 23.1 Å². The molecule has 0 aliphatic heterocycles. The normalized spacial score (nSPS) is 13.1. The van der Waals surface area contributed by atoms with Crippen LogP contribution < -0.4 is 15.0 Å². The minimum Gasteiger partial charge on any atom is -0.493 e. The van der Waals surface area contributed by atoms with Crippen LogP contribution in [0.15, 0.2) is 28.2 Å². The SMILES string of the molecule is CCSc1nc2sc3c(c2c(=O)n1CCc1ccc(OC)c(OC)c1)CCC3. The monoisotopic (exact) mass is 416 g/mol. The second-order valence-electron chi connectivity index (χ2n) is 6.76. The topological polar surface area (TPSA) is 53.4 Å². The first kappa shape index (κ1) is 19.3. The molecule has 3 aromatic rings. The van der Waals surface area contributed by atoms with E-state index in [0.717, 1.165) is 52.4 Å². The molecule has 0 saturated carbocycles. The quantitative estimate of drug-likeness (QED) is 0.424. The molecule has 1 aliphatic rings. The summed E-state index contributed by atoms with van der Waals surface area (Å²) >= 11 is 3.34. The third-order valence-corrected chi connectivity index (χ3v) is 7.18. The molecular formula is C21H24N2O3S2. The molecule has 28 heavy (non-hydrogen) atoms. The fourth-order valence-corrected chi connectivity index (χ4v) is 5.83. The van der Waals surface area contributed by atoms with Gasteiger partial charge in [-0.15, -0.1) is 11.3 Å². The van der Waals surface area contributed by atoms with Gasteiger partial charge in [-0.05, 0) is 54.7 Å². The highest BCUT2D eigenvalue weighted by molar-refractivity contribution is 7.99. The standard InChI is InChI=1S/C21H24N2O3S2/c1-4-27-21-22-19-18(14-6-5-7-17(14)28-19)20(24)23(21)11-10-13-8-9-15(25-2)16(12-13)26-3/h8-9,12H,4-7,10-11H2,1-3H3. The van der Waals surface area contributed by atoms with E-state index >= 15 is 0 Å². The predicted octanol–water partition coefficient (Wildman–Crippen LogP) is 4.32. The Balaban J connectivity index is 1.70. The zero-order valence-electron chi connectivity index (χ0n) is 16.4. The molecule has 0 fully saturated rings. The maximum Gasteiger partial charge on any atom is 0.263 e. The van der Waals surface area contributed by atoms with Gasteiger partial charge in [0, 0.05) is 11.4 Å². The largest absolute Gasteiger partial charge is 0.493 e. The smallest absolute Gasteiger partial charge is 0.263 e. The van der Waals surface area contributed by atoms with Crippen molar-refractivity contribution in [2.45, 2.75) is 44.3 Å². The van der Waals surface area contributed by atoms with E-state index in [2.05, 4.69) is 6.92 Å². The van der Waals surface area contributed by atoms with Crippen LogP contribution in [0.25, 0.3) is 10.2 Å². The number of hydrogen-bond acceptors (Lipinski definition) is 6. The van der Waals surface area contributed by atoms with E-state index in [-0.39, 0.29) is 5.56 Å². The fourth-order valence-electron chi connectivity index (χ4n) is 3.77. The molecule has 2 aromatic heterocycles. The van der Waals surface area contributed by atoms with Crippen molar-refractivity contribution in [2.75, 3.05) is 20.0 Å². The zero-order valence-corrected chi connectivity index (χ0v) is 18.0. The highest BCUT2D eigenvalue weighted by atomic mass is 32.2. The summed E-state index contributed by atoms with van der Waals surface area (Å²) in [5, 5.41) is 1.67. The summed E-state index contributed by atoms with van der Waals surface area (Å²) in [6, 6.07) is 5.91. The molecule has 1 aromatic carbocycles. The Bertz CT molecular complexity index is 1070. The summed E-state index contributed by atoms with van der Waals surface area (Å²) in [4.78, 5) is 20.5. The van der Waals surface area contributed by atoms with E-state index in [1.807, 2.05) is 22.8 Å². The lowest BCUT2D eigenvalue weighted by Gasteiger charge is -2.13. The Labute approximate surface area is 172 Å². The van der Waals surface area contributed by atoms with E-state index in [4.69, 9.17) is 14.5 Å². The Hall–Kier alpha value is -1.99. The molecule has 0 saturated heterocycles. The van der Waals surface area contributed by atoms with Crippen molar-refractivity contribution in [3.8, 4) is 11.5 Å². The molecule has 4 rings (SSSR count). The second-order valence-corrected chi connectivity index (χ2v) is 9.08. The molecule has 2 heterocycles. The molecule has 0 N–H and O–H groups in total. The van der Waals surface area contributed by atoms with Gasteiger partial charge in [-0.3, -0.25) is 9.36 Å². The highest BCUT2D eigenvalue weighted by Gasteiger charge is 2.23. The van der Waals surface area contributed by atoms with Crippen LogP contribution in [0.2, 0.25) is 0 Å². The van der Waals surface area contributed by atoms with Crippen molar-refractivity contribution < 1.29 is 9.47 Å². The van der Waals surface area contributed by atoms with Crippen molar-refractivity contribution in [1.82, 2.24) is 9.55 Å². The number of aromatic nitrogens is 2. The lowest BCUT2D eigenvalue weighted by molar-refractivity contribution is 0.354. The molecular weight excluding hydrogens is 392 g/mol. The van der Waals surface area contributed by atoms with Crippen molar-refractivity contribution in [1.29, 1.82) is 0 Å². The van der Waals surface area contributed by atoms with Gasteiger partial charge < -0.3 is 9.47 Å². The van der Waals surface area contributed by atoms with Crippen LogP contribution in [0.5, 0.6) is 11.5 Å². The van der Waals surface area contributed by atoms with Gasteiger partial charge in [-0.1, -0.05) is 24.8 Å². The molecule has 1 aliphatic carbocycles. The van der Waals surface area contributed by atoms with E-state index in [1.165, 1.54) is 10.4 Å². The minimum atomic E-state index is 0.112.